The third kappa shape index (κ3) is 5.49. The number of nitrogens with zero attached hydrogens (tertiary/aromatic N) is 1. The molecule has 0 aliphatic carbocycles. The Labute approximate surface area is 109 Å². The minimum Gasteiger partial charge on any atom is -0.481 e. The SMILES string of the molecule is CCC(CO)N(CC(C)C(=O)O)C(=O)CC(C)C. The quantitative estimate of drug-likeness (QED) is 0.690. The zero-order valence-corrected chi connectivity index (χ0v) is 11.7. The Morgan fingerprint density at radius 2 is 1.78 bits per heavy atom. The summed E-state index contributed by atoms with van der Waals surface area (Å²) in [5.74, 6) is -1.41. The van der Waals surface area contributed by atoms with Crippen LogP contribution in [0.3, 0.4) is 0 Å². The van der Waals surface area contributed by atoms with Crippen molar-refractivity contribution in [2.45, 2.75) is 46.6 Å². The highest BCUT2D eigenvalue weighted by Crippen LogP contribution is 2.13. The molecule has 5 nitrogen and oxygen atoms in total. The fraction of sp³-hybridized carbons (Fsp3) is 0.846. The number of carbonyl (C=O) groups is 2. The Morgan fingerprint density at radius 3 is 2.11 bits per heavy atom. The van der Waals surface area contributed by atoms with Crippen molar-refractivity contribution >= 4 is 11.9 Å². The van der Waals surface area contributed by atoms with Gasteiger partial charge < -0.3 is 15.1 Å². The molecule has 0 aliphatic rings. The molecule has 0 rings (SSSR count). The highest BCUT2D eigenvalue weighted by Gasteiger charge is 2.26. The molecule has 0 aromatic heterocycles. The second-order valence-corrected chi connectivity index (χ2v) is 5.13. The van der Waals surface area contributed by atoms with E-state index in [1.165, 1.54) is 4.90 Å². The molecule has 0 heterocycles. The molecule has 18 heavy (non-hydrogen) atoms. The summed E-state index contributed by atoms with van der Waals surface area (Å²) in [6, 6.07) is -0.293. The number of aliphatic carboxylic acids is 1. The van der Waals surface area contributed by atoms with Gasteiger partial charge in [0.05, 0.1) is 18.6 Å². The van der Waals surface area contributed by atoms with Crippen LogP contribution in [-0.4, -0.2) is 46.2 Å². The van der Waals surface area contributed by atoms with Crippen LogP contribution in [-0.2, 0) is 9.59 Å². The number of amides is 1. The average molecular weight is 259 g/mol. The number of carbonyl (C=O) groups excluding carboxylic acids is 1. The van der Waals surface area contributed by atoms with Gasteiger partial charge in [0.1, 0.15) is 0 Å². The summed E-state index contributed by atoms with van der Waals surface area (Å²) in [5, 5.41) is 18.2. The first-order valence-corrected chi connectivity index (χ1v) is 6.46. The Kier molecular flexibility index (Phi) is 7.59. The molecule has 0 bridgehead atoms. The summed E-state index contributed by atoms with van der Waals surface area (Å²) < 4.78 is 0. The lowest BCUT2D eigenvalue weighted by atomic mass is 10.1. The van der Waals surface area contributed by atoms with Crippen molar-refractivity contribution in [1.82, 2.24) is 4.90 Å². The summed E-state index contributed by atoms with van der Waals surface area (Å²) in [6.45, 7) is 7.35. The normalized spacial score (nSPS) is 14.3. The molecular weight excluding hydrogens is 234 g/mol. The molecule has 2 N–H and O–H groups in total. The topological polar surface area (TPSA) is 77.8 Å². The first-order valence-electron chi connectivity index (χ1n) is 6.46. The summed E-state index contributed by atoms with van der Waals surface area (Å²) in [5.41, 5.74) is 0. The number of rotatable bonds is 8. The number of hydrogen-bond donors (Lipinski definition) is 2. The molecule has 2 unspecified atom stereocenters. The Bertz CT molecular complexity index is 274. The smallest absolute Gasteiger partial charge is 0.308 e. The van der Waals surface area contributed by atoms with Gasteiger partial charge in [-0.25, -0.2) is 0 Å². The molecule has 0 aromatic rings. The highest BCUT2D eigenvalue weighted by molar-refractivity contribution is 5.78. The Hall–Kier alpha value is -1.10. The van der Waals surface area contributed by atoms with Crippen molar-refractivity contribution in [3.63, 3.8) is 0 Å². The van der Waals surface area contributed by atoms with E-state index in [0.717, 1.165) is 0 Å². The largest absolute Gasteiger partial charge is 0.481 e. The maximum absolute atomic E-state index is 12.1. The van der Waals surface area contributed by atoms with Gasteiger partial charge in [-0.15, -0.1) is 0 Å². The highest BCUT2D eigenvalue weighted by atomic mass is 16.4. The summed E-state index contributed by atoms with van der Waals surface area (Å²) >= 11 is 0. The molecule has 0 radical (unpaired) electrons. The number of carboxylic acids is 1. The van der Waals surface area contributed by atoms with Crippen LogP contribution in [0.4, 0.5) is 0 Å². The van der Waals surface area contributed by atoms with Gasteiger partial charge in [0.25, 0.3) is 0 Å². The second kappa shape index (κ2) is 8.08. The van der Waals surface area contributed by atoms with E-state index in [1.54, 1.807) is 6.92 Å². The minimum absolute atomic E-state index is 0.0843. The molecule has 0 saturated heterocycles. The molecule has 0 aliphatic heterocycles. The van der Waals surface area contributed by atoms with Crippen LogP contribution in [0.5, 0.6) is 0 Å². The van der Waals surface area contributed by atoms with Crippen molar-refractivity contribution in [1.29, 1.82) is 0 Å². The van der Waals surface area contributed by atoms with Crippen LogP contribution in [0.15, 0.2) is 0 Å². The monoisotopic (exact) mass is 259 g/mol. The molecule has 0 spiro atoms. The van der Waals surface area contributed by atoms with E-state index in [1.807, 2.05) is 20.8 Å². The van der Waals surface area contributed by atoms with Gasteiger partial charge in [0, 0.05) is 13.0 Å². The van der Waals surface area contributed by atoms with Crippen molar-refractivity contribution in [3.05, 3.63) is 0 Å². The van der Waals surface area contributed by atoms with Crippen LogP contribution >= 0.6 is 0 Å². The zero-order chi connectivity index (χ0) is 14.3. The minimum atomic E-state index is -0.926. The van der Waals surface area contributed by atoms with Crippen molar-refractivity contribution in [3.8, 4) is 0 Å². The van der Waals surface area contributed by atoms with Gasteiger partial charge in [-0.3, -0.25) is 9.59 Å². The average Bonchev–Trinajstić information content (AvgIpc) is 2.27. The summed E-state index contributed by atoms with van der Waals surface area (Å²) in [7, 11) is 0. The van der Waals surface area contributed by atoms with Gasteiger partial charge in [-0.05, 0) is 12.3 Å². The lowest BCUT2D eigenvalue weighted by Gasteiger charge is -2.32. The molecule has 106 valence electrons. The summed E-state index contributed by atoms with van der Waals surface area (Å²) in [6.07, 6.45) is 0.996. The van der Waals surface area contributed by atoms with Crippen LogP contribution in [0.1, 0.15) is 40.5 Å². The zero-order valence-electron chi connectivity index (χ0n) is 11.7. The maximum Gasteiger partial charge on any atom is 0.308 e. The molecule has 1 amide bonds. The van der Waals surface area contributed by atoms with E-state index in [2.05, 4.69) is 0 Å². The lowest BCUT2D eigenvalue weighted by molar-refractivity contribution is -0.144. The predicted molar refractivity (Wildman–Crippen MR) is 69.1 cm³/mol. The molecule has 0 saturated carbocycles. The van der Waals surface area contributed by atoms with E-state index in [4.69, 9.17) is 5.11 Å². The van der Waals surface area contributed by atoms with Crippen molar-refractivity contribution < 1.29 is 19.8 Å². The fourth-order valence-electron chi connectivity index (χ4n) is 1.74. The molecule has 0 aromatic carbocycles. The fourth-order valence-corrected chi connectivity index (χ4v) is 1.74. The third-order valence-corrected chi connectivity index (χ3v) is 2.92. The molecule has 2 atom stereocenters. The number of carboxylic acid groups (broad SMARTS) is 1. The van der Waals surface area contributed by atoms with E-state index in [9.17, 15) is 14.7 Å². The van der Waals surface area contributed by atoms with E-state index in [0.29, 0.717) is 12.8 Å². The first kappa shape index (κ1) is 16.9. The molecule has 5 heteroatoms. The first-order chi connectivity index (χ1) is 8.33. The molecular formula is C13H25NO4. The van der Waals surface area contributed by atoms with Gasteiger partial charge in [-0.1, -0.05) is 27.7 Å². The number of aliphatic hydroxyl groups is 1. The maximum atomic E-state index is 12.1. The van der Waals surface area contributed by atoms with Gasteiger partial charge in [0.2, 0.25) is 5.91 Å². The third-order valence-electron chi connectivity index (χ3n) is 2.92. The standard InChI is InChI=1S/C13H25NO4/c1-5-11(8-15)14(7-10(4)13(17)18)12(16)6-9(2)3/h9-11,15H,5-8H2,1-4H3,(H,17,18). The number of hydrogen-bond acceptors (Lipinski definition) is 3. The van der Waals surface area contributed by atoms with Crippen LogP contribution < -0.4 is 0 Å². The van der Waals surface area contributed by atoms with E-state index in [-0.39, 0.29) is 31.0 Å². The van der Waals surface area contributed by atoms with Crippen LogP contribution in [0.25, 0.3) is 0 Å². The van der Waals surface area contributed by atoms with E-state index >= 15 is 0 Å². The van der Waals surface area contributed by atoms with Crippen molar-refractivity contribution in [2.24, 2.45) is 11.8 Å². The van der Waals surface area contributed by atoms with Crippen molar-refractivity contribution in [2.75, 3.05) is 13.2 Å². The van der Waals surface area contributed by atoms with Gasteiger partial charge in [-0.2, -0.15) is 0 Å². The van der Waals surface area contributed by atoms with Crippen LogP contribution in [0.2, 0.25) is 0 Å². The number of aliphatic hydroxyl groups excluding tert-OH is 1. The second-order valence-electron chi connectivity index (χ2n) is 5.13. The Balaban J connectivity index is 4.81. The predicted octanol–water partition coefficient (Wildman–Crippen LogP) is 1.35. The van der Waals surface area contributed by atoms with Gasteiger partial charge in [0.15, 0.2) is 0 Å². The molecule has 0 fully saturated rings. The summed E-state index contributed by atoms with van der Waals surface area (Å²) in [4.78, 5) is 24.5. The Morgan fingerprint density at radius 1 is 1.22 bits per heavy atom. The lowest BCUT2D eigenvalue weighted by Crippen LogP contribution is -2.46. The van der Waals surface area contributed by atoms with Gasteiger partial charge >= 0.3 is 5.97 Å². The van der Waals surface area contributed by atoms with Crippen LogP contribution in [0, 0.1) is 11.8 Å². The van der Waals surface area contributed by atoms with E-state index < -0.39 is 11.9 Å².